The smallest absolute Gasteiger partial charge is 0.226 e. The summed E-state index contributed by atoms with van der Waals surface area (Å²) in [6, 6.07) is 12.0. The highest BCUT2D eigenvalue weighted by molar-refractivity contribution is 5.91. The molecule has 0 saturated carbocycles. The van der Waals surface area contributed by atoms with Gasteiger partial charge in [-0.1, -0.05) is 12.1 Å². The van der Waals surface area contributed by atoms with Crippen molar-refractivity contribution in [3.63, 3.8) is 0 Å². The highest BCUT2D eigenvalue weighted by atomic mass is 19.1. The molecule has 0 aliphatic carbocycles. The van der Waals surface area contributed by atoms with Gasteiger partial charge >= 0.3 is 0 Å². The van der Waals surface area contributed by atoms with Gasteiger partial charge < -0.3 is 14.5 Å². The van der Waals surface area contributed by atoms with Crippen molar-refractivity contribution >= 4 is 11.6 Å². The van der Waals surface area contributed by atoms with E-state index in [0.717, 1.165) is 16.8 Å². The molecule has 0 aliphatic heterocycles. The summed E-state index contributed by atoms with van der Waals surface area (Å²) in [5.74, 6) is 0.116. The number of nitrogens with one attached hydrogen (secondary N) is 1. The molecule has 26 heavy (non-hydrogen) atoms. The second-order valence-corrected chi connectivity index (χ2v) is 5.89. The van der Waals surface area contributed by atoms with Crippen LogP contribution in [0.25, 0.3) is 11.5 Å². The lowest BCUT2D eigenvalue weighted by molar-refractivity contribution is -0.116. The van der Waals surface area contributed by atoms with E-state index in [-0.39, 0.29) is 18.1 Å². The van der Waals surface area contributed by atoms with Crippen LogP contribution in [0.2, 0.25) is 0 Å². The molecule has 1 heterocycles. The Balaban J connectivity index is 1.60. The summed E-state index contributed by atoms with van der Waals surface area (Å²) in [5, 5.41) is 2.84. The number of hydrogen-bond donors (Lipinski definition) is 1. The Morgan fingerprint density at radius 3 is 2.81 bits per heavy atom. The average Bonchev–Trinajstić information content (AvgIpc) is 3.07. The molecule has 0 spiro atoms. The van der Waals surface area contributed by atoms with E-state index >= 15 is 0 Å². The number of aryl methyl sites for hydroxylation is 2. The van der Waals surface area contributed by atoms with Gasteiger partial charge in [-0.3, -0.25) is 4.79 Å². The SMILES string of the molecule is COc1ccc(CCC(=O)Nc2cccc(-c3nc(C)co3)c2)cc1F. The van der Waals surface area contributed by atoms with Crippen molar-refractivity contribution in [1.29, 1.82) is 0 Å². The molecule has 0 unspecified atom stereocenters. The van der Waals surface area contributed by atoms with Crippen LogP contribution in [0, 0.1) is 12.7 Å². The number of carbonyl (C=O) groups is 1. The maximum absolute atomic E-state index is 13.7. The largest absolute Gasteiger partial charge is 0.494 e. The Hall–Kier alpha value is -3.15. The van der Waals surface area contributed by atoms with Crippen molar-refractivity contribution < 1.29 is 18.3 Å². The molecule has 0 fully saturated rings. The van der Waals surface area contributed by atoms with Gasteiger partial charge in [0.05, 0.1) is 12.8 Å². The molecule has 0 bridgehead atoms. The van der Waals surface area contributed by atoms with Crippen LogP contribution in [-0.2, 0) is 11.2 Å². The minimum absolute atomic E-state index is 0.151. The number of aromatic nitrogens is 1. The molecule has 3 aromatic rings. The molecule has 1 N–H and O–H groups in total. The number of ether oxygens (including phenoxy) is 1. The van der Waals surface area contributed by atoms with Crippen LogP contribution in [0.15, 0.2) is 53.1 Å². The Labute approximate surface area is 150 Å². The summed E-state index contributed by atoms with van der Waals surface area (Å²) >= 11 is 0. The van der Waals surface area contributed by atoms with Gasteiger partial charge in [0, 0.05) is 17.7 Å². The minimum atomic E-state index is -0.431. The van der Waals surface area contributed by atoms with E-state index in [0.29, 0.717) is 18.0 Å². The van der Waals surface area contributed by atoms with Crippen molar-refractivity contribution in [2.75, 3.05) is 12.4 Å². The number of carbonyl (C=O) groups excluding carboxylic acids is 1. The summed E-state index contributed by atoms with van der Waals surface area (Å²) in [4.78, 5) is 16.5. The summed E-state index contributed by atoms with van der Waals surface area (Å²) in [7, 11) is 1.42. The molecule has 5 nitrogen and oxygen atoms in total. The molecule has 2 aromatic carbocycles. The van der Waals surface area contributed by atoms with Gasteiger partial charge in [0.15, 0.2) is 11.6 Å². The first kappa shape index (κ1) is 17.7. The zero-order valence-electron chi connectivity index (χ0n) is 14.6. The summed E-state index contributed by atoms with van der Waals surface area (Å²) in [6.07, 6.45) is 2.26. The number of benzene rings is 2. The Morgan fingerprint density at radius 1 is 1.27 bits per heavy atom. The first-order valence-corrected chi connectivity index (χ1v) is 8.20. The second kappa shape index (κ2) is 7.82. The first-order chi connectivity index (χ1) is 12.5. The summed E-state index contributed by atoms with van der Waals surface area (Å²) in [6.45, 7) is 1.85. The Kier molecular flexibility index (Phi) is 5.31. The highest BCUT2D eigenvalue weighted by Gasteiger charge is 2.09. The van der Waals surface area contributed by atoms with E-state index in [4.69, 9.17) is 9.15 Å². The third-order valence-corrected chi connectivity index (χ3v) is 3.87. The van der Waals surface area contributed by atoms with Crippen LogP contribution in [0.5, 0.6) is 5.75 Å². The number of oxazole rings is 1. The third kappa shape index (κ3) is 4.27. The van der Waals surface area contributed by atoms with Crippen molar-refractivity contribution in [2.45, 2.75) is 19.8 Å². The number of rotatable bonds is 6. The minimum Gasteiger partial charge on any atom is -0.494 e. The number of halogens is 1. The summed E-state index contributed by atoms with van der Waals surface area (Å²) < 4.78 is 24.0. The molecular weight excluding hydrogens is 335 g/mol. The molecule has 6 heteroatoms. The van der Waals surface area contributed by atoms with E-state index in [1.165, 1.54) is 13.2 Å². The number of methoxy groups -OCH3 is 1. The van der Waals surface area contributed by atoms with Crippen molar-refractivity contribution in [3.05, 3.63) is 65.8 Å². The van der Waals surface area contributed by atoms with Gasteiger partial charge in [-0.25, -0.2) is 9.37 Å². The van der Waals surface area contributed by atoms with Crippen molar-refractivity contribution in [3.8, 4) is 17.2 Å². The monoisotopic (exact) mass is 354 g/mol. The van der Waals surface area contributed by atoms with Crippen LogP contribution in [0.3, 0.4) is 0 Å². The number of hydrogen-bond acceptors (Lipinski definition) is 4. The number of amides is 1. The van der Waals surface area contributed by atoms with E-state index in [1.807, 2.05) is 19.1 Å². The fourth-order valence-corrected chi connectivity index (χ4v) is 2.56. The standard InChI is InChI=1S/C20H19FN2O3/c1-13-12-26-20(22-13)15-4-3-5-16(11-15)23-19(24)9-7-14-6-8-18(25-2)17(21)10-14/h3-6,8,10-12H,7,9H2,1-2H3,(H,23,24). The van der Waals surface area contributed by atoms with Gasteiger partial charge in [0.1, 0.15) is 6.26 Å². The number of nitrogens with zero attached hydrogens (tertiary/aromatic N) is 1. The first-order valence-electron chi connectivity index (χ1n) is 8.20. The van der Waals surface area contributed by atoms with Gasteiger partial charge in [0.25, 0.3) is 0 Å². The van der Waals surface area contributed by atoms with Crippen LogP contribution < -0.4 is 10.1 Å². The zero-order valence-corrected chi connectivity index (χ0v) is 14.6. The Bertz CT molecular complexity index is 921. The third-order valence-electron chi connectivity index (χ3n) is 3.87. The second-order valence-electron chi connectivity index (χ2n) is 5.89. The van der Waals surface area contributed by atoms with Crippen LogP contribution in [0.4, 0.5) is 10.1 Å². The van der Waals surface area contributed by atoms with Gasteiger partial charge in [-0.2, -0.15) is 0 Å². The molecule has 0 saturated heterocycles. The lowest BCUT2D eigenvalue weighted by atomic mass is 10.1. The van der Waals surface area contributed by atoms with Crippen LogP contribution in [0.1, 0.15) is 17.7 Å². The quantitative estimate of drug-likeness (QED) is 0.714. The highest BCUT2D eigenvalue weighted by Crippen LogP contribution is 2.22. The topological polar surface area (TPSA) is 64.4 Å². The normalized spacial score (nSPS) is 10.6. The van der Waals surface area contributed by atoms with E-state index in [9.17, 15) is 9.18 Å². The van der Waals surface area contributed by atoms with Crippen LogP contribution >= 0.6 is 0 Å². The molecule has 0 aliphatic rings. The van der Waals surface area contributed by atoms with Crippen LogP contribution in [-0.4, -0.2) is 18.0 Å². The number of anilines is 1. The van der Waals surface area contributed by atoms with Gasteiger partial charge in [-0.05, 0) is 49.2 Å². The lowest BCUT2D eigenvalue weighted by Crippen LogP contribution is -2.12. The van der Waals surface area contributed by atoms with Crippen molar-refractivity contribution in [2.24, 2.45) is 0 Å². The molecule has 1 amide bonds. The van der Waals surface area contributed by atoms with Crippen molar-refractivity contribution in [1.82, 2.24) is 4.98 Å². The lowest BCUT2D eigenvalue weighted by Gasteiger charge is -2.07. The molecule has 0 radical (unpaired) electrons. The molecule has 1 aromatic heterocycles. The Morgan fingerprint density at radius 2 is 2.12 bits per heavy atom. The molecular formula is C20H19FN2O3. The molecule has 134 valence electrons. The predicted molar refractivity (Wildman–Crippen MR) is 96.6 cm³/mol. The fraction of sp³-hybridized carbons (Fsp3) is 0.200. The summed E-state index contributed by atoms with van der Waals surface area (Å²) in [5.41, 5.74) is 2.97. The molecule has 0 atom stereocenters. The fourth-order valence-electron chi connectivity index (χ4n) is 2.56. The zero-order chi connectivity index (χ0) is 18.5. The van der Waals surface area contributed by atoms with E-state index in [2.05, 4.69) is 10.3 Å². The maximum Gasteiger partial charge on any atom is 0.226 e. The maximum atomic E-state index is 13.7. The van der Waals surface area contributed by atoms with E-state index in [1.54, 1.807) is 30.5 Å². The van der Waals surface area contributed by atoms with Gasteiger partial charge in [-0.15, -0.1) is 0 Å². The molecule has 3 rings (SSSR count). The van der Waals surface area contributed by atoms with Gasteiger partial charge in [0.2, 0.25) is 11.8 Å². The average molecular weight is 354 g/mol. The predicted octanol–water partition coefficient (Wildman–Crippen LogP) is 4.37. The van der Waals surface area contributed by atoms with E-state index < -0.39 is 5.82 Å².